The van der Waals surface area contributed by atoms with E-state index in [1.165, 1.54) is 12.5 Å². The molecular weight excluding hydrogens is 224 g/mol. The van der Waals surface area contributed by atoms with Crippen LogP contribution in [-0.4, -0.2) is 12.5 Å². The van der Waals surface area contributed by atoms with Crippen LogP contribution in [0.2, 0.25) is 0 Å². The summed E-state index contributed by atoms with van der Waals surface area (Å²) in [5.74, 6) is 1.12. The number of para-hydroxylation sites is 1. The van der Waals surface area contributed by atoms with Crippen molar-refractivity contribution in [2.24, 2.45) is 11.7 Å². The van der Waals surface area contributed by atoms with E-state index >= 15 is 0 Å². The van der Waals surface area contributed by atoms with E-state index < -0.39 is 0 Å². The Morgan fingerprint density at radius 3 is 2.75 bits per heavy atom. The molecule has 3 nitrogen and oxygen atoms in total. The highest BCUT2D eigenvalue weighted by molar-refractivity contribution is 5.89. The smallest absolute Gasteiger partial charge is 0.221 e. The summed E-state index contributed by atoms with van der Waals surface area (Å²) in [5.41, 5.74) is 7.79. The van der Waals surface area contributed by atoms with Crippen LogP contribution < -0.4 is 11.1 Å². The van der Waals surface area contributed by atoms with E-state index in [0.717, 1.165) is 18.7 Å². The first kappa shape index (κ1) is 13.0. The standard InChI is InChI=1S/C12H16N2O.ClH/c1-8(15)14-12-5-3-2-4-10(12)11-6-9(11)7-13;/h2-5,9,11H,6-7,13H2,1H3,(H,14,15);1H. The van der Waals surface area contributed by atoms with Gasteiger partial charge in [0, 0.05) is 12.6 Å². The highest BCUT2D eigenvalue weighted by Gasteiger charge is 2.38. The third-order valence-electron chi connectivity index (χ3n) is 2.90. The summed E-state index contributed by atoms with van der Waals surface area (Å²) >= 11 is 0. The Hall–Kier alpha value is -1.06. The summed E-state index contributed by atoms with van der Waals surface area (Å²) in [5, 5.41) is 2.86. The molecule has 3 N–H and O–H groups in total. The van der Waals surface area contributed by atoms with Crippen molar-refractivity contribution in [1.82, 2.24) is 0 Å². The zero-order valence-electron chi connectivity index (χ0n) is 9.27. The second-order valence-electron chi connectivity index (χ2n) is 4.11. The molecule has 0 radical (unpaired) electrons. The molecule has 1 amide bonds. The molecule has 4 heteroatoms. The summed E-state index contributed by atoms with van der Waals surface area (Å²) in [4.78, 5) is 11.0. The lowest BCUT2D eigenvalue weighted by Gasteiger charge is -2.08. The Morgan fingerprint density at radius 1 is 1.50 bits per heavy atom. The van der Waals surface area contributed by atoms with Gasteiger partial charge in [0.1, 0.15) is 0 Å². The van der Waals surface area contributed by atoms with E-state index in [2.05, 4.69) is 11.4 Å². The fourth-order valence-corrected chi connectivity index (χ4v) is 2.01. The molecule has 1 aliphatic rings. The van der Waals surface area contributed by atoms with Gasteiger partial charge in [-0.1, -0.05) is 18.2 Å². The molecule has 0 saturated heterocycles. The summed E-state index contributed by atoms with van der Waals surface area (Å²) < 4.78 is 0. The summed E-state index contributed by atoms with van der Waals surface area (Å²) in [6.07, 6.45) is 1.15. The lowest BCUT2D eigenvalue weighted by Crippen LogP contribution is -2.08. The van der Waals surface area contributed by atoms with Crippen molar-refractivity contribution < 1.29 is 4.79 Å². The van der Waals surface area contributed by atoms with Crippen molar-refractivity contribution in [2.45, 2.75) is 19.3 Å². The first-order chi connectivity index (χ1) is 7.22. The fourth-order valence-electron chi connectivity index (χ4n) is 2.01. The summed E-state index contributed by atoms with van der Waals surface area (Å²) in [7, 11) is 0. The summed E-state index contributed by atoms with van der Waals surface area (Å²) in [6, 6.07) is 7.97. The Bertz CT molecular complexity index is 381. The van der Waals surface area contributed by atoms with E-state index in [9.17, 15) is 4.79 Å². The Balaban J connectivity index is 0.00000128. The number of nitrogens with two attached hydrogens (primary N) is 1. The number of nitrogens with one attached hydrogen (secondary N) is 1. The van der Waals surface area contributed by atoms with Gasteiger partial charge in [0.15, 0.2) is 0 Å². The monoisotopic (exact) mass is 240 g/mol. The third kappa shape index (κ3) is 2.74. The van der Waals surface area contributed by atoms with Gasteiger partial charge in [0.2, 0.25) is 5.91 Å². The predicted molar refractivity (Wildman–Crippen MR) is 67.9 cm³/mol. The number of halogens is 1. The molecule has 0 heterocycles. The Labute approximate surface area is 102 Å². The second-order valence-corrected chi connectivity index (χ2v) is 4.11. The molecular formula is C12H17ClN2O. The Kier molecular flexibility index (Phi) is 4.33. The molecule has 0 aromatic heterocycles. The van der Waals surface area contributed by atoms with Crippen molar-refractivity contribution >= 4 is 24.0 Å². The minimum absolute atomic E-state index is 0. The highest BCUT2D eigenvalue weighted by atomic mass is 35.5. The fraction of sp³-hybridized carbons (Fsp3) is 0.417. The normalized spacial score (nSPS) is 22.1. The van der Waals surface area contributed by atoms with Crippen molar-refractivity contribution in [3.05, 3.63) is 29.8 Å². The molecule has 1 aromatic carbocycles. The van der Waals surface area contributed by atoms with E-state index in [4.69, 9.17) is 5.73 Å². The van der Waals surface area contributed by atoms with Crippen LogP contribution in [0.5, 0.6) is 0 Å². The maximum Gasteiger partial charge on any atom is 0.221 e. The molecule has 1 aromatic rings. The van der Waals surface area contributed by atoms with E-state index in [0.29, 0.717) is 11.8 Å². The molecule has 1 saturated carbocycles. The van der Waals surface area contributed by atoms with Crippen LogP contribution in [0.4, 0.5) is 5.69 Å². The average molecular weight is 241 g/mol. The van der Waals surface area contributed by atoms with Gasteiger partial charge in [-0.15, -0.1) is 12.4 Å². The topological polar surface area (TPSA) is 55.1 Å². The number of carbonyl (C=O) groups is 1. The van der Waals surface area contributed by atoms with E-state index in [1.54, 1.807) is 0 Å². The zero-order chi connectivity index (χ0) is 10.8. The molecule has 2 rings (SSSR count). The van der Waals surface area contributed by atoms with Crippen LogP contribution >= 0.6 is 12.4 Å². The first-order valence-corrected chi connectivity index (χ1v) is 5.29. The van der Waals surface area contributed by atoms with Crippen LogP contribution in [0.3, 0.4) is 0 Å². The van der Waals surface area contributed by atoms with Crippen molar-refractivity contribution in [2.75, 3.05) is 11.9 Å². The molecule has 88 valence electrons. The number of anilines is 1. The minimum Gasteiger partial charge on any atom is -0.330 e. The number of carbonyl (C=O) groups excluding carboxylic acids is 1. The van der Waals surface area contributed by atoms with Crippen molar-refractivity contribution in [3.63, 3.8) is 0 Å². The van der Waals surface area contributed by atoms with Gasteiger partial charge in [-0.25, -0.2) is 0 Å². The molecule has 1 fully saturated rings. The molecule has 2 unspecified atom stereocenters. The van der Waals surface area contributed by atoms with Crippen LogP contribution in [0.25, 0.3) is 0 Å². The lowest BCUT2D eigenvalue weighted by molar-refractivity contribution is -0.114. The van der Waals surface area contributed by atoms with Crippen LogP contribution in [0.1, 0.15) is 24.8 Å². The highest BCUT2D eigenvalue weighted by Crippen LogP contribution is 2.48. The van der Waals surface area contributed by atoms with Gasteiger partial charge in [-0.2, -0.15) is 0 Å². The van der Waals surface area contributed by atoms with Gasteiger partial charge in [-0.05, 0) is 36.4 Å². The van der Waals surface area contributed by atoms with Crippen molar-refractivity contribution in [3.8, 4) is 0 Å². The van der Waals surface area contributed by atoms with E-state index in [-0.39, 0.29) is 18.3 Å². The lowest BCUT2D eigenvalue weighted by atomic mass is 10.1. The van der Waals surface area contributed by atoms with Crippen LogP contribution in [0.15, 0.2) is 24.3 Å². The maximum absolute atomic E-state index is 11.0. The summed E-state index contributed by atoms with van der Waals surface area (Å²) in [6.45, 7) is 2.27. The van der Waals surface area contributed by atoms with Gasteiger partial charge in [-0.3, -0.25) is 4.79 Å². The van der Waals surface area contributed by atoms with Gasteiger partial charge >= 0.3 is 0 Å². The van der Waals surface area contributed by atoms with Crippen molar-refractivity contribution in [1.29, 1.82) is 0 Å². The number of hydrogen-bond acceptors (Lipinski definition) is 2. The first-order valence-electron chi connectivity index (χ1n) is 5.29. The molecule has 0 aliphatic heterocycles. The quantitative estimate of drug-likeness (QED) is 0.851. The second kappa shape index (κ2) is 5.32. The Morgan fingerprint density at radius 2 is 2.19 bits per heavy atom. The van der Waals surface area contributed by atoms with Gasteiger partial charge < -0.3 is 11.1 Å². The van der Waals surface area contributed by atoms with Gasteiger partial charge in [0.05, 0.1) is 0 Å². The molecule has 2 atom stereocenters. The minimum atomic E-state index is -0.0209. The number of rotatable bonds is 3. The molecule has 0 spiro atoms. The SMILES string of the molecule is CC(=O)Nc1ccccc1C1CC1CN.Cl. The third-order valence-corrected chi connectivity index (χ3v) is 2.90. The number of benzene rings is 1. The molecule has 1 aliphatic carbocycles. The van der Waals surface area contributed by atoms with Gasteiger partial charge in [0.25, 0.3) is 0 Å². The number of amides is 1. The molecule has 16 heavy (non-hydrogen) atoms. The van der Waals surface area contributed by atoms with Crippen LogP contribution in [0, 0.1) is 5.92 Å². The average Bonchev–Trinajstić information content (AvgIpc) is 2.97. The largest absolute Gasteiger partial charge is 0.330 e. The number of hydrogen-bond donors (Lipinski definition) is 2. The molecule has 0 bridgehead atoms. The van der Waals surface area contributed by atoms with E-state index in [1.807, 2.05) is 18.2 Å². The van der Waals surface area contributed by atoms with Crippen LogP contribution in [-0.2, 0) is 4.79 Å². The maximum atomic E-state index is 11.0. The zero-order valence-corrected chi connectivity index (χ0v) is 10.1. The predicted octanol–water partition coefficient (Wildman–Crippen LogP) is 2.13.